The van der Waals surface area contributed by atoms with Gasteiger partial charge in [-0.2, -0.15) is 0 Å². The molecule has 5 aliphatic carbocycles. The smallest absolute Gasteiger partial charge is 0.138 e. The SMILES string of the molecule is CO[C@]12CC[C@@]3(C[C@H]1CN(C)Cc1ccccc1)[C@H]1Cc4ccc(C)c5c4[C@@]3(CCN1CC1CC1)[C@H]2O5. The van der Waals surface area contributed by atoms with Crippen molar-refractivity contribution in [3.05, 3.63) is 64.7 Å². The lowest BCUT2D eigenvalue weighted by Crippen LogP contribution is -2.81. The summed E-state index contributed by atoms with van der Waals surface area (Å²) in [6.45, 7) is 6.86. The van der Waals surface area contributed by atoms with E-state index in [1.54, 1.807) is 11.1 Å². The van der Waals surface area contributed by atoms with E-state index in [2.05, 4.69) is 66.2 Å². The summed E-state index contributed by atoms with van der Waals surface area (Å²) in [7, 11) is 4.29. The molecule has 6 atom stereocenters. The summed E-state index contributed by atoms with van der Waals surface area (Å²) in [4.78, 5) is 5.50. The van der Waals surface area contributed by atoms with Gasteiger partial charge in [-0.3, -0.25) is 4.90 Å². The van der Waals surface area contributed by atoms with Crippen LogP contribution in [0, 0.1) is 24.2 Å². The average Bonchev–Trinajstić information content (AvgIpc) is 3.64. The highest BCUT2D eigenvalue weighted by Gasteiger charge is 2.80. The molecule has 0 amide bonds. The molecule has 2 aromatic carbocycles. The zero-order chi connectivity index (χ0) is 25.0. The van der Waals surface area contributed by atoms with Gasteiger partial charge in [-0.05, 0) is 88.1 Å². The minimum Gasteiger partial charge on any atom is -0.486 e. The summed E-state index contributed by atoms with van der Waals surface area (Å²) < 4.78 is 14.0. The molecule has 4 nitrogen and oxygen atoms in total. The maximum Gasteiger partial charge on any atom is 0.138 e. The van der Waals surface area contributed by atoms with Gasteiger partial charge in [-0.1, -0.05) is 42.5 Å². The van der Waals surface area contributed by atoms with Crippen LogP contribution in [-0.4, -0.2) is 61.3 Å². The van der Waals surface area contributed by atoms with E-state index in [0.29, 0.717) is 17.4 Å². The molecule has 9 rings (SSSR count). The molecule has 0 radical (unpaired) electrons. The van der Waals surface area contributed by atoms with E-state index in [0.717, 1.165) is 25.4 Å². The minimum absolute atomic E-state index is 0.120. The van der Waals surface area contributed by atoms with E-state index in [9.17, 15) is 0 Å². The van der Waals surface area contributed by atoms with Crippen LogP contribution in [0.15, 0.2) is 42.5 Å². The molecular weight excluding hydrogens is 456 g/mol. The second-order valence-corrected chi connectivity index (χ2v) is 13.5. The summed E-state index contributed by atoms with van der Waals surface area (Å²) in [5.41, 5.74) is 6.11. The van der Waals surface area contributed by atoms with Gasteiger partial charge in [-0.25, -0.2) is 0 Å². The molecule has 196 valence electrons. The summed E-state index contributed by atoms with van der Waals surface area (Å²) in [6.07, 6.45) is 9.16. The van der Waals surface area contributed by atoms with Gasteiger partial charge in [0.1, 0.15) is 17.5 Å². The van der Waals surface area contributed by atoms with Crippen LogP contribution in [0.3, 0.4) is 0 Å². The molecule has 4 heteroatoms. The molecule has 5 fully saturated rings. The first-order valence-electron chi connectivity index (χ1n) is 14.8. The minimum atomic E-state index is -0.212. The maximum atomic E-state index is 7.23. The Labute approximate surface area is 222 Å². The molecule has 1 saturated heterocycles. The molecule has 2 aliphatic heterocycles. The highest BCUT2D eigenvalue weighted by molar-refractivity contribution is 5.61. The number of piperidine rings is 1. The third-order valence-electron chi connectivity index (χ3n) is 11.8. The van der Waals surface area contributed by atoms with Crippen LogP contribution < -0.4 is 4.74 Å². The Morgan fingerprint density at radius 1 is 1.08 bits per heavy atom. The first kappa shape index (κ1) is 23.0. The number of ether oxygens (including phenoxy) is 2. The Kier molecular flexibility index (Phi) is 4.88. The van der Waals surface area contributed by atoms with Gasteiger partial charge < -0.3 is 14.4 Å². The lowest BCUT2D eigenvalue weighted by atomic mass is 9.34. The molecule has 4 bridgehead atoms. The highest BCUT2D eigenvalue weighted by atomic mass is 16.6. The second kappa shape index (κ2) is 7.83. The lowest BCUT2D eigenvalue weighted by molar-refractivity contribution is -0.278. The first-order valence-corrected chi connectivity index (χ1v) is 14.8. The zero-order valence-electron chi connectivity index (χ0n) is 22.8. The number of hydrogen-bond acceptors (Lipinski definition) is 4. The monoisotopic (exact) mass is 498 g/mol. The highest BCUT2D eigenvalue weighted by Crippen LogP contribution is 2.76. The number of likely N-dealkylation sites (tertiary alicyclic amines) is 1. The van der Waals surface area contributed by atoms with Crippen molar-refractivity contribution in [2.75, 3.05) is 33.8 Å². The van der Waals surface area contributed by atoms with E-state index in [1.807, 2.05) is 7.11 Å². The van der Waals surface area contributed by atoms with Gasteiger partial charge in [-0.15, -0.1) is 0 Å². The summed E-state index contributed by atoms with van der Waals surface area (Å²) in [5, 5.41) is 0. The number of fused-ring (bicyclic) bond motifs is 2. The fourth-order valence-corrected chi connectivity index (χ4v) is 10.2. The fourth-order valence-electron chi connectivity index (χ4n) is 10.2. The number of rotatable bonds is 7. The van der Waals surface area contributed by atoms with Crippen molar-refractivity contribution >= 4 is 0 Å². The summed E-state index contributed by atoms with van der Waals surface area (Å²) >= 11 is 0. The molecule has 0 aromatic heterocycles. The summed E-state index contributed by atoms with van der Waals surface area (Å²) in [6, 6.07) is 16.4. The Morgan fingerprint density at radius 3 is 2.70 bits per heavy atom. The van der Waals surface area contributed by atoms with Crippen molar-refractivity contribution in [2.45, 2.75) is 81.6 Å². The van der Waals surface area contributed by atoms with Crippen molar-refractivity contribution < 1.29 is 9.47 Å². The third kappa shape index (κ3) is 2.90. The van der Waals surface area contributed by atoms with Gasteiger partial charge in [0.15, 0.2) is 0 Å². The number of aryl methyl sites for hydroxylation is 1. The van der Waals surface area contributed by atoms with Crippen LogP contribution in [0.1, 0.15) is 60.8 Å². The topological polar surface area (TPSA) is 24.9 Å². The molecule has 0 unspecified atom stereocenters. The number of methoxy groups -OCH3 is 1. The first-order chi connectivity index (χ1) is 18.0. The molecule has 2 heterocycles. The van der Waals surface area contributed by atoms with Crippen LogP contribution >= 0.6 is 0 Å². The average molecular weight is 499 g/mol. The largest absolute Gasteiger partial charge is 0.486 e. The lowest BCUT2D eigenvalue weighted by Gasteiger charge is -2.74. The van der Waals surface area contributed by atoms with Crippen LogP contribution in [0.4, 0.5) is 0 Å². The van der Waals surface area contributed by atoms with Crippen LogP contribution in [0.5, 0.6) is 5.75 Å². The maximum absolute atomic E-state index is 7.23. The summed E-state index contributed by atoms with van der Waals surface area (Å²) in [5.74, 6) is 2.65. The molecule has 4 saturated carbocycles. The van der Waals surface area contributed by atoms with Crippen molar-refractivity contribution in [3.8, 4) is 5.75 Å². The van der Waals surface area contributed by atoms with Crippen molar-refractivity contribution in [1.29, 1.82) is 0 Å². The van der Waals surface area contributed by atoms with Gasteiger partial charge in [0.25, 0.3) is 0 Å². The quantitative estimate of drug-likeness (QED) is 0.514. The second-order valence-electron chi connectivity index (χ2n) is 13.5. The van der Waals surface area contributed by atoms with E-state index in [1.165, 1.54) is 68.5 Å². The third-order valence-corrected chi connectivity index (χ3v) is 11.8. The zero-order valence-corrected chi connectivity index (χ0v) is 22.8. The van der Waals surface area contributed by atoms with E-state index in [-0.39, 0.29) is 17.1 Å². The van der Waals surface area contributed by atoms with Gasteiger partial charge >= 0.3 is 0 Å². The fraction of sp³-hybridized carbons (Fsp3) is 0.636. The van der Waals surface area contributed by atoms with Crippen molar-refractivity contribution in [3.63, 3.8) is 0 Å². The van der Waals surface area contributed by atoms with Crippen molar-refractivity contribution in [1.82, 2.24) is 9.80 Å². The van der Waals surface area contributed by atoms with Gasteiger partial charge in [0.2, 0.25) is 0 Å². The Balaban J connectivity index is 1.23. The predicted octanol–water partition coefficient (Wildman–Crippen LogP) is 5.35. The molecule has 0 N–H and O–H groups in total. The van der Waals surface area contributed by atoms with E-state index < -0.39 is 0 Å². The standard InChI is InChI=1S/C33H42N2O2/c1-22-9-12-25-17-27-31-13-14-33(36-3,26(18-31)21-34(2)19-23-7-5-4-6-8-23)30-32(31,28(25)29(22)37-30)15-16-35(27)20-24-10-11-24/h4-9,12,24,26-27,30H,10-11,13-21H2,1-3H3/t26-,27+,30+,31+,32-,33+/m0/s1. The molecule has 2 aromatic rings. The Hall–Kier alpha value is -1.88. The molecule has 2 spiro atoms. The molecule has 37 heavy (non-hydrogen) atoms. The van der Waals surface area contributed by atoms with E-state index in [4.69, 9.17) is 9.47 Å². The number of nitrogens with zero attached hydrogens (tertiary/aromatic N) is 2. The number of hydrogen-bond donors (Lipinski definition) is 0. The molecular formula is C33H42N2O2. The Bertz CT molecular complexity index is 1230. The number of benzene rings is 2. The Morgan fingerprint density at radius 2 is 1.92 bits per heavy atom. The normalized spacial score (nSPS) is 39.1. The van der Waals surface area contributed by atoms with Crippen LogP contribution in [0.2, 0.25) is 0 Å². The van der Waals surface area contributed by atoms with Crippen molar-refractivity contribution in [2.24, 2.45) is 17.3 Å². The van der Waals surface area contributed by atoms with Gasteiger partial charge in [0.05, 0.1) is 0 Å². The predicted molar refractivity (Wildman–Crippen MR) is 146 cm³/mol. The molecule has 7 aliphatic rings. The van der Waals surface area contributed by atoms with E-state index >= 15 is 0 Å². The van der Waals surface area contributed by atoms with Gasteiger partial charge in [0, 0.05) is 55.1 Å². The van der Waals surface area contributed by atoms with Crippen LogP contribution in [0.25, 0.3) is 0 Å². The van der Waals surface area contributed by atoms with Crippen LogP contribution in [-0.2, 0) is 23.1 Å².